The molecule has 0 amide bonds. The summed E-state index contributed by atoms with van der Waals surface area (Å²) in [7, 11) is 0. The van der Waals surface area contributed by atoms with Gasteiger partial charge in [0, 0.05) is 18.9 Å². The molecule has 0 aromatic carbocycles. The molecule has 1 N–H and O–H groups in total. The van der Waals surface area contributed by atoms with Crippen LogP contribution < -0.4 is 0 Å². The van der Waals surface area contributed by atoms with Crippen molar-refractivity contribution < 1.29 is 116 Å². The Morgan fingerprint density at radius 2 is 0.837 bits per heavy atom. The van der Waals surface area contributed by atoms with E-state index < -0.39 is 90.5 Å². The fourth-order valence-electron chi connectivity index (χ4n) is 2.65. The van der Waals surface area contributed by atoms with Crippen molar-refractivity contribution in [2.45, 2.75) is 84.5 Å². The monoisotopic (exact) mass is 698 g/mol. The van der Waals surface area contributed by atoms with E-state index in [2.05, 4.69) is 11.3 Å². The molecule has 0 fully saturated rings. The van der Waals surface area contributed by atoms with Gasteiger partial charge in [-0.15, -0.1) is 0 Å². The van der Waals surface area contributed by atoms with E-state index in [-0.39, 0.29) is 6.08 Å². The summed E-state index contributed by atoms with van der Waals surface area (Å²) in [6.45, 7) is 2.63. The van der Waals surface area contributed by atoms with Crippen molar-refractivity contribution >= 4 is 5.97 Å². The maximum Gasteiger partial charge on any atom is 0.438 e. The van der Waals surface area contributed by atoms with Crippen LogP contribution in [0.3, 0.4) is 0 Å². The van der Waals surface area contributed by atoms with Crippen LogP contribution in [0.25, 0.3) is 0 Å². The van der Waals surface area contributed by atoms with E-state index in [0.29, 0.717) is 0 Å². The first-order valence-electron chi connectivity index (χ1n) is 9.71. The second-order valence-electron chi connectivity index (χ2n) is 8.01. The predicted molar refractivity (Wildman–Crippen MR) is 87.1 cm³/mol. The molecule has 0 radical (unpaired) electrons. The molecule has 0 bridgehead atoms. The van der Waals surface area contributed by atoms with Gasteiger partial charge in [0.1, 0.15) is 0 Å². The summed E-state index contributed by atoms with van der Waals surface area (Å²) in [4.78, 5) is 10.7. The van der Waals surface area contributed by atoms with Gasteiger partial charge in [-0.25, -0.2) is 9.18 Å². The molecule has 0 aliphatic carbocycles. The van der Waals surface area contributed by atoms with E-state index in [1.54, 1.807) is 0 Å². The Morgan fingerprint density at radius 1 is 0.558 bits per heavy atom. The summed E-state index contributed by atoms with van der Waals surface area (Å²) < 4.78 is 311. The van der Waals surface area contributed by atoms with Gasteiger partial charge in [0.15, 0.2) is 0 Å². The molecule has 1 atom stereocenters. The normalized spacial score (nSPS) is 16.7. The number of ether oxygens (including phenoxy) is 1. The number of hydrogen-bond acceptors (Lipinski definition) is 3. The lowest BCUT2D eigenvalue weighted by Gasteiger charge is -2.46. The Bertz CT molecular complexity index is 1010. The SMILES string of the molecule is C=CC(=O)OC(O)CCC(F)(F)C(F)(F)C(F)(F)C(F)(F)C(F)(F)C(F)(F)C(F)(F)C(F)(F)C(F)(C(F)(F)F)C(F)(F)F. The molecule has 26 heteroatoms. The van der Waals surface area contributed by atoms with Gasteiger partial charge in [-0.05, 0) is 0 Å². The van der Waals surface area contributed by atoms with Crippen molar-refractivity contribution in [2.24, 2.45) is 0 Å². The number of hydrogen-bond donors (Lipinski definition) is 1. The van der Waals surface area contributed by atoms with Gasteiger partial charge in [-0.2, -0.15) is 96.6 Å². The van der Waals surface area contributed by atoms with Gasteiger partial charge in [0.2, 0.25) is 6.29 Å². The second-order valence-corrected chi connectivity index (χ2v) is 8.01. The van der Waals surface area contributed by atoms with Gasteiger partial charge in [-0.1, -0.05) is 6.58 Å². The molecule has 43 heavy (non-hydrogen) atoms. The minimum absolute atomic E-state index is 0.128. The van der Waals surface area contributed by atoms with Gasteiger partial charge < -0.3 is 9.84 Å². The molecule has 0 aromatic heterocycles. The fourth-order valence-corrected chi connectivity index (χ4v) is 2.65. The number of aliphatic hydroxyl groups is 1. The molecule has 3 nitrogen and oxygen atoms in total. The highest BCUT2D eigenvalue weighted by atomic mass is 19.4. The standard InChI is InChI=1S/C17H9F23O3/c1-2-5(41)43-6(42)3-4-7(18,19)9(21,22)11(25,26)13(29,30)15(33,34)14(31,32)12(27,28)10(23,24)8(20,16(35,36)37)17(38,39)40/h2,6,42H,1,3-4H2. The Balaban J connectivity index is 7.04. The molecule has 0 heterocycles. The summed E-state index contributed by atoms with van der Waals surface area (Å²) in [5, 5.41) is 8.96. The average molecular weight is 698 g/mol. The van der Waals surface area contributed by atoms with Crippen molar-refractivity contribution in [3.8, 4) is 0 Å². The number of carbonyl (C=O) groups is 1. The third kappa shape index (κ3) is 5.63. The second kappa shape index (κ2) is 10.9. The number of carbonyl (C=O) groups excluding carboxylic acids is 1. The van der Waals surface area contributed by atoms with Crippen LogP contribution in [0.5, 0.6) is 0 Å². The highest BCUT2D eigenvalue weighted by Gasteiger charge is 2.99. The van der Waals surface area contributed by atoms with E-state index in [1.807, 2.05) is 0 Å². The molecule has 0 spiro atoms. The fraction of sp³-hybridized carbons (Fsp3) is 0.824. The molecule has 1 unspecified atom stereocenters. The first-order chi connectivity index (χ1) is 18.3. The number of esters is 1. The molecule has 0 aliphatic heterocycles. The maximum atomic E-state index is 13.8. The van der Waals surface area contributed by atoms with Crippen molar-refractivity contribution in [2.75, 3.05) is 0 Å². The predicted octanol–water partition coefficient (Wildman–Crippen LogP) is 7.73. The van der Waals surface area contributed by atoms with Gasteiger partial charge in [-0.3, -0.25) is 0 Å². The minimum Gasteiger partial charge on any atom is -0.433 e. The van der Waals surface area contributed by atoms with Crippen LogP contribution in [-0.4, -0.2) is 82.8 Å². The Kier molecular flexibility index (Phi) is 10.3. The first-order valence-corrected chi connectivity index (χ1v) is 9.71. The molecule has 0 aliphatic rings. The third-order valence-corrected chi connectivity index (χ3v) is 5.16. The lowest BCUT2D eigenvalue weighted by Crippen LogP contribution is -2.79. The van der Waals surface area contributed by atoms with E-state index in [4.69, 9.17) is 5.11 Å². The molecule has 0 saturated heterocycles. The highest BCUT2D eigenvalue weighted by Crippen LogP contribution is 2.67. The lowest BCUT2D eigenvalue weighted by atomic mass is 9.82. The summed E-state index contributed by atoms with van der Waals surface area (Å²) in [5.74, 6) is -73.1. The van der Waals surface area contributed by atoms with Crippen LogP contribution in [0.15, 0.2) is 12.7 Å². The van der Waals surface area contributed by atoms with Crippen molar-refractivity contribution in [3.05, 3.63) is 12.7 Å². The van der Waals surface area contributed by atoms with Crippen LogP contribution in [0.1, 0.15) is 12.8 Å². The molecule has 0 saturated carbocycles. The Labute approximate surface area is 220 Å². The number of halogens is 23. The molecule has 256 valence electrons. The zero-order valence-corrected chi connectivity index (χ0v) is 19.2. The van der Waals surface area contributed by atoms with Crippen molar-refractivity contribution in [1.29, 1.82) is 0 Å². The van der Waals surface area contributed by atoms with Gasteiger partial charge in [0.25, 0.3) is 0 Å². The minimum atomic E-state index is -9.54. The Morgan fingerprint density at radius 3 is 1.12 bits per heavy atom. The van der Waals surface area contributed by atoms with Crippen LogP contribution in [0.4, 0.5) is 101 Å². The number of rotatable bonds is 13. The topological polar surface area (TPSA) is 46.5 Å². The van der Waals surface area contributed by atoms with Crippen molar-refractivity contribution in [3.63, 3.8) is 0 Å². The first kappa shape index (κ1) is 40.6. The maximum absolute atomic E-state index is 13.8. The van der Waals surface area contributed by atoms with E-state index in [0.717, 1.165) is 0 Å². The molecule has 0 rings (SSSR count). The zero-order chi connectivity index (χ0) is 35.5. The Hall–Kier alpha value is -2.44. The quantitative estimate of drug-likeness (QED) is 0.0928. The van der Waals surface area contributed by atoms with E-state index >= 15 is 0 Å². The average Bonchev–Trinajstić information content (AvgIpc) is 2.79. The highest BCUT2D eigenvalue weighted by molar-refractivity contribution is 5.81. The summed E-state index contributed by atoms with van der Waals surface area (Å²) in [6.07, 6.45) is -25.4. The number of aliphatic hydroxyl groups excluding tert-OH is 1. The van der Waals surface area contributed by atoms with Crippen molar-refractivity contribution in [1.82, 2.24) is 0 Å². The molecular weight excluding hydrogens is 689 g/mol. The summed E-state index contributed by atoms with van der Waals surface area (Å²) >= 11 is 0. The van der Waals surface area contributed by atoms with E-state index in [1.165, 1.54) is 0 Å². The van der Waals surface area contributed by atoms with Gasteiger partial charge in [0.05, 0.1) is 0 Å². The summed E-state index contributed by atoms with van der Waals surface area (Å²) in [6, 6.07) is 0. The van der Waals surface area contributed by atoms with Crippen LogP contribution in [-0.2, 0) is 9.53 Å². The largest absolute Gasteiger partial charge is 0.438 e. The number of alkyl halides is 23. The van der Waals surface area contributed by atoms with Crippen LogP contribution in [0.2, 0.25) is 0 Å². The smallest absolute Gasteiger partial charge is 0.433 e. The van der Waals surface area contributed by atoms with Gasteiger partial charge >= 0.3 is 71.4 Å². The van der Waals surface area contributed by atoms with Crippen LogP contribution in [0, 0.1) is 0 Å². The molecule has 0 aromatic rings. The zero-order valence-electron chi connectivity index (χ0n) is 19.2. The third-order valence-electron chi connectivity index (χ3n) is 5.16. The molecular formula is C17H9F23O3. The lowest BCUT2D eigenvalue weighted by molar-refractivity contribution is -0.481. The van der Waals surface area contributed by atoms with Crippen LogP contribution >= 0.6 is 0 Å². The van der Waals surface area contributed by atoms with E-state index in [9.17, 15) is 106 Å². The summed E-state index contributed by atoms with van der Waals surface area (Å²) in [5.41, 5.74) is -9.07.